The zero-order chi connectivity index (χ0) is 20.3. The Kier molecular flexibility index (Phi) is 8.85. The first-order valence-corrected chi connectivity index (χ1v) is 8.67. The summed E-state index contributed by atoms with van der Waals surface area (Å²) in [5.74, 6) is -3.04. The number of allylic oxidation sites excluding steroid dienone is 3. The predicted molar refractivity (Wildman–Crippen MR) is 101 cm³/mol. The molecule has 144 valence electrons. The largest absolute Gasteiger partial charge is 0.465 e. The summed E-state index contributed by atoms with van der Waals surface area (Å²) in [4.78, 5) is 49.3. The lowest BCUT2D eigenvalue weighted by Crippen LogP contribution is -2.47. The minimum atomic E-state index is -2.19. The molecule has 1 rings (SSSR count). The van der Waals surface area contributed by atoms with E-state index in [9.17, 15) is 19.2 Å². The Balaban J connectivity index is 3.35. The molecule has 0 aromatic heterocycles. The van der Waals surface area contributed by atoms with Crippen molar-refractivity contribution < 1.29 is 28.7 Å². The number of hydrogen-bond acceptors (Lipinski definition) is 6. The fourth-order valence-corrected chi connectivity index (χ4v) is 2.34. The van der Waals surface area contributed by atoms with Crippen LogP contribution in [0.4, 0.5) is 0 Å². The van der Waals surface area contributed by atoms with Crippen molar-refractivity contribution in [1.29, 1.82) is 0 Å². The van der Waals surface area contributed by atoms with E-state index in [1.54, 1.807) is 38.1 Å². The summed E-state index contributed by atoms with van der Waals surface area (Å²) in [5, 5.41) is 0. The number of rotatable bonds is 10. The highest BCUT2D eigenvalue weighted by Crippen LogP contribution is 2.30. The number of ketones is 2. The van der Waals surface area contributed by atoms with Crippen LogP contribution in [0.25, 0.3) is 6.08 Å². The molecule has 1 aromatic rings. The van der Waals surface area contributed by atoms with E-state index in [1.165, 1.54) is 25.2 Å². The third-order valence-electron chi connectivity index (χ3n) is 3.67. The van der Waals surface area contributed by atoms with Crippen LogP contribution in [0.3, 0.4) is 0 Å². The van der Waals surface area contributed by atoms with Crippen molar-refractivity contribution in [1.82, 2.24) is 0 Å². The number of carbonyl (C=O) groups excluding carboxylic acids is 4. The second-order valence-corrected chi connectivity index (χ2v) is 5.67. The molecule has 0 aliphatic carbocycles. The molecule has 0 unspecified atom stereocenters. The lowest BCUT2D eigenvalue weighted by molar-refractivity contribution is -0.173. The second kappa shape index (κ2) is 10.9. The Morgan fingerprint density at radius 2 is 1.48 bits per heavy atom. The minimum Gasteiger partial charge on any atom is -0.465 e. The Hall–Kier alpha value is -3.02. The van der Waals surface area contributed by atoms with Crippen LogP contribution in [0.2, 0.25) is 0 Å². The van der Waals surface area contributed by atoms with Crippen molar-refractivity contribution in [3.8, 4) is 0 Å². The van der Waals surface area contributed by atoms with Crippen molar-refractivity contribution in [2.24, 2.45) is 5.41 Å². The van der Waals surface area contributed by atoms with Crippen molar-refractivity contribution in [3.05, 3.63) is 54.1 Å². The number of benzene rings is 1. The predicted octanol–water partition coefficient (Wildman–Crippen LogP) is 2.92. The number of hydrogen-bond donors (Lipinski definition) is 0. The summed E-state index contributed by atoms with van der Waals surface area (Å²) in [6, 6.07) is 8.96. The van der Waals surface area contributed by atoms with E-state index >= 15 is 0 Å². The smallest absolute Gasteiger partial charge is 0.331 e. The molecule has 0 fully saturated rings. The van der Waals surface area contributed by atoms with Crippen molar-refractivity contribution >= 4 is 29.6 Å². The van der Waals surface area contributed by atoms with Crippen LogP contribution in [0.1, 0.15) is 32.8 Å². The maximum absolute atomic E-state index is 12.9. The van der Waals surface area contributed by atoms with E-state index in [2.05, 4.69) is 0 Å². The van der Waals surface area contributed by atoms with Gasteiger partial charge in [0.25, 0.3) is 0 Å². The normalized spacial score (nSPS) is 11.5. The first-order valence-electron chi connectivity index (χ1n) is 8.67. The van der Waals surface area contributed by atoms with Crippen LogP contribution in [-0.4, -0.2) is 36.7 Å². The van der Waals surface area contributed by atoms with Gasteiger partial charge in [-0.1, -0.05) is 42.5 Å². The van der Waals surface area contributed by atoms with Gasteiger partial charge in [-0.3, -0.25) is 19.2 Å². The fourth-order valence-electron chi connectivity index (χ4n) is 2.34. The van der Waals surface area contributed by atoms with E-state index in [4.69, 9.17) is 9.47 Å². The highest BCUT2D eigenvalue weighted by atomic mass is 16.6. The van der Waals surface area contributed by atoms with Crippen LogP contribution in [0.15, 0.2) is 48.6 Å². The molecule has 0 saturated heterocycles. The molecule has 6 nitrogen and oxygen atoms in total. The molecular formula is C21H24O6. The van der Waals surface area contributed by atoms with E-state index < -0.39 is 23.1 Å². The Labute approximate surface area is 158 Å². The maximum Gasteiger partial charge on any atom is 0.331 e. The molecule has 0 heterocycles. The average Bonchev–Trinajstić information content (AvgIpc) is 2.64. The lowest BCUT2D eigenvalue weighted by Gasteiger charge is -2.25. The maximum atomic E-state index is 12.9. The molecule has 0 amide bonds. The SMILES string of the molecule is CCOC(=O)C(C/C=C/C(C)=O)(C(=O)/C=C/c1ccccc1)C(=O)OCC. The summed E-state index contributed by atoms with van der Waals surface area (Å²) in [6.07, 6.45) is 4.84. The summed E-state index contributed by atoms with van der Waals surface area (Å²) in [7, 11) is 0. The van der Waals surface area contributed by atoms with E-state index in [0.717, 1.165) is 11.6 Å². The quantitative estimate of drug-likeness (QED) is 0.357. The van der Waals surface area contributed by atoms with Gasteiger partial charge in [0, 0.05) is 6.42 Å². The second-order valence-electron chi connectivity index (χ2n) is 5.67. The Morgan fingerprint density at radius 1 is 0.926 bits per heavy atom. The molecule has 1 aromatic carbocycles. The van der Waals surface area contributed by atoms with Gasteiger partial charge in [-0.05, 0) is 38.5 Å². The van der Waals surface area contributed by atoms with Gasteiger partial charge in [0.2, 0.25) is 5.41 Å². The first-order chi connectivity index (χ1) is 12.9. The molecular weight excluding hydrogens is 348 g/mol. The van der Waals surface area contributed by atoms with Crippen molar-refractivity contribution in [2.45, 2.75) is 27.2 Å². The van der Waals surface area contributed by atoms with Gasteiger partial charge in [0.15, 0.2) is 11.6 Å². The fraction of sp³-hybridized carbons (Fsp3) is 0.333. The van der Waals surface area contributed by atoms with Gasteiger partial charge in [0.05, 0.1) is 13.2 Å². The van der Waals surface area contributed by atoms with Crippen LogP contribution >= 0.6 is 0 Å². The van der Waals surface area contributed by atoms with Crippen molar-refractivity contribution in [2.75, 3.05) is 13.2 Å². The number of ether oxygens (including phenoxy) is 2. The molecule has 0 atom stereocenters. The Bertz CT molecular complexity index is 712. The molecule has 0 aliphatic heterocycles. The van der Waals surface area contributed by atoms with E-state index in [1.807, 2.05) is 6.07 Å². The molecule has 0 spiro atoms. The molecule has 0 bridgehead atoms. The topological polar surface area (TPSA) is 86.7 Å². The lowest BCUT2D eigenvalue weighted by atomic mass is 9.79. The van der Waals surface area contributed by atoms with Crippen LogP contribution in [0.5, 0.6) is 0 Å². The van der Waals surface area contributed by atoms with Gasteiger partial charge in [-0.25, -0.2) is 0 Å². The van der Waals surface area contributed by atoms with Gasteiger partial charge in [0.1, 0.15) is 0 Å². The molecule has 27 heavy (non-hydrogen) atoms. The third-order valence-corrected chi connectivity index (χ3v) is 3.67. The molecule has 0 aliphatic rings. The average molecular weight is 372 g/mol. The highest BCUT2D eigenvalue weighted by Gasteiger charge is 2.53. The van der Waals surface area contributed by atoms with Gasteiger partial charge < -0.3 is 9.47 Å². The zero-order valence-corrected chi connectivity index (χ0v) is 15.8. The molecule has 0 N–H and O–H groups in total. The third kappa shape index (κ3) is 6.02. The standard InChI is InChI=1S/C21H24O6/c1-4-26-19(24)21(20(25)27-5-2,15-9-10-16(3)22)18(23)14-13-17-11-7-6-8-12-17/h6-14H,4-5,15H2,1-3H3/b10-9+,14-13+. The Morgan fingerprint density at radius 3 is 1.96 bits per heavy atom. The van der Waals surface area contributed by atoms with Gasteiger partial charge in [-0.15, -0.1) is 0 Å². The number of esters is 2. The first kappa shape index (κ1) is 22.0. The molecule has 6 heteroatoms. The molecule has 0 saturated carbocycles. The number of carbonyl (C=O) groups is 4. The summed E-state index contributed by atoms with van der Waals surface area (Å²) in [5.41, 5.74) is -1.46. The highest BCUT2D eigenvalue weighted by molar-refractivity contribution is 6.24. The van der Waals surface area contributed by atoms with Crippen LogP contribution in [0, 0.1) is 5.41 Å². The summed E-state index contributed by atoms with van der Waals surface area (Å²) < 4.78 is 9.98. The zero-order valence-electron chi connectivity index (χ0n) is 15.8. The minimum absolute atomic E-state index is 0.00785. The van der Waals surface area contributed by atoms with Crippen molar-refractivity contribution in [3.63, 3.8) is 0 Å². The van der Waals surface area contributed by atoms with Crippen LogP contribution in [-0.2, 0) is 28.7 Å². The molecule has 0 radical (unpaired) electrons. The van der Waals surface area contributed by atoms with Crippen LogP contribution < -0.4 is 0 Å². The van der Waals surface area contributed by atoms with E-state index in [-0.39, 0.29) is 25.4 Å². The van der Waals surface area contributed by atoms with Gasteiger partial charge in [-0.2, -0.15) is 0 Å². The summed E-state index contributed by atoms with van der Waals surface area (Å²) in [6.45, 7) is 4.45. The van der Waals surface area contributed by atoms with Gasteiger partial charge >= 0.3 is 11.9 Å². The monoisotopic (exact) mass is 372 g/mol. The summed E-state index contributed by atoms with van der Waals surface area (Å²) >= 11 is 0. The van der Waals surface area contributed by atoms with E-state index in [0.29, 0.717) is 0 Å².